The van der Waals surface area contributed by atoms with Crippen molar-refractivity contribution in [1.29, 1.82) is 0 Å². The second-order valence-corrected chi connectivity index (χ2v) is 7.58. The lowest BCUT2D eigenvalue weighted by atomic mass is 9.84. The van der Waals surface area contributed by atoms with E-state index in [2.05, 4.69) is 15.5 Å². The summed E-state index contributed by atoms with van der Waals surface area (Å²) in [5, 5.41) is 10.7. The summed E-state index contributed by atoms with van der Waals surface area (Å²) in [6.07, 6.45) is 1.50. The number of furan rings is 1. The van der Waals surface area contributed by atoms with Crippen LogP contribution in [0.5, 0.6) is 0 Å². The monoisotopic (exact) mass is 431 g/mol. The van der Waals surface area contributed by atoms with Gasteiger partial charge in [-0.3, -0.25) is 14.4 Å². The molecule has 1 aliphatic rings. The van der Waals surface area contributed by atoms with E-state index in [-0.39, 0.29) is 39.9 Å². The molecule has 0 spiro atoms. The van der Waals surface area contributed by atoms with E-state index in [4.69, 9.17) is 8.83 Å². The lowest BCUT2D eigenvalue weighted by Gasteiger charge is -2.18. The molecular weight excluding hydrogens is 418 g/mol. The average Bonchev–Trinajstić information content (AvgIpc) is 3.48. The van der Waals surface area contributed by atoms with Gasteiger partial charge in [0, 0.05) is 27.9 Å². The number of carbonyl (C=O) groups excluding carboxylic acids is 3. The molecule has 0 unspecified atom stereocenters. The number of amides is 1. The van der Waals surface area contributed by atoms with Gasteiger partial charge in [0.1, 0.15) is 0 Å². The fraction of sp³-hybridized carbons (Fsp3) is 0.0455. The summed E-state index contributed by atoms with van der Waals surface area (Å²) >= 11 is 1.07. The molecule has 1 N–H and O–H groups in total. The normalized spacial score (nSPS) is 12.4. The maximum atomic E-state index is 12.8. The van der Waals surface area contributed by atoms with Gasteiger partial charge >= 0.3 is 0 Å². The van der Waals surface area contributed by atoms with E-state index in [0.29, 0.717) is 28.1 Å². The van der Waals surface area contributed by atoms with Gasteiger partial charge in [-0.05, 0) is 30.3 Å². The molecule has 2 aromatic carbocycles. The van der Waals surface area contributed by atoms with Crippen LogP contribution < -0.4 is 5.32 Å². The van der Waals surface area contributed by atoms with Crippen LogP contribution in [-0.4, -0.2) is 33.4 Å². The molecule has 0 saturated heterocycles. The standard InChI is InChI=1S/C22H13N3O5S/c26-18(11-31-22-25-24-21(30-22)17-6-3-9-29-17)23-12-7-8-15-16(10-12)20(28)14-5-2-1-4-13(14)19(15)27/h1-10H,11H2,(H,23,26). The van der Waals surface area contributed by atoms with Crippen LogP contribution in [-0.2, 0) is 4.79 Å². The zero-order valence-electron chi connectivity index (χ0n) is 15.8. The molecule has 8 nitrogen and oxygen atoms in total. The van der Waals surface area contributed by atoms with Crippen molar-refractivity contribution in [3.63, 3.8) is 0 Å². The van der Waals surface area contributed by atoms with E-state index < -0.39 is 0 Å². The molecule has 2 heterocycles. The summed E-state index contributed by atoms with van der Waals surface area (Å²) in [4.78, 5) is 37.8. The number of benzene rings is 2. The Hall–Kier alpha value is -3.98. The van der Waals surface area contributed by atoms with Crippen molar-refractivity contribution in [3.05, 3.63) is 83.1 Å². The van der Waals surface area contributed by atoms with Crippen LogP contribution in [0.3, 0.4) is 0 Å². The maximum absolute atomic E-state index is 12.8. The van der Waals surface area contributed by atoms with Gasteiger partial charge in [0.2, 0.25) is 5.91 Å². The van der Waals surface area contributed by atoms with Crippen LogP contribution in [0.2, 0.25) is 0 Å². The highest BCUT2D eigenvalue weighted by Crippen LogP contribution is 2.29. The Labute approximate surface area is 179 Å². The van der Waals surface area contributed by atoms with E-state index in [9.17, 15) is 14.4 Å². The van der Waals surface area contributed by atoms with Gasteiger partial charge < -0.3 is 14.2 Å². The number of carbonyl (C=O) groups is 3. The summed E-state index contributed by atoms with van der Waals surface area (Å²) in [6.45, 7) is 0. The summed E-state index contributed by atoms with van der Waals surface area (Å²) in [5.74, 6) is -0.0798. The molecule has 9 heteroatoms. The van der Waals surface area contributed by atoms with Gasteiger partial charge in [0.25, 0.3) is 11.1 Å². The molecule has 152 valence electrons. The number of nitrogens with zero attached hydrogens (tertiary/aromatic N) is 2. The zero-order chi connectivity index (χ0) is 21.4. The number of thioether (sulfide) groups is 1. The topological polar surface area (TPSA) is 115 Å². The third kappa shape index (κ3) is 3.55. The highest BCUT2D eigenvalue weighted by atomic mass is 32.2. The van der Waals surface area contributed by atoms with Crippen LogP contribution >= 0.6 is 11.8 Å². The summed E-state index contributed by atoms with van der Waals surface area (Å²) in [7, 11) is 0. The van der Waals surface area contributed by atoms with Crippen molar-refractivity contribution in [2.24, 2.45) is 0 Å². The van der Waals surface area contributed by atoms with Crippen molar-refractivity contribution in [1.82, 2.24) is 10.2 Å². The molecule has 0 radical (unpaired) electrons. The lowest BCUT2D eigenvalue weighted by Crippen LogP contribution is -2.21. The minimum Gasteiger partial charge on any atom is -0.459 e. The first-order valence-electron chi connectivity index (χ1n) is 9.22. The number of hydrogen-bond donors (Lipinski definition) is 1. The minimum absolute atomic E-state index is 0.0204. The number of aromatic nitrogens is 2. The summed E-state index contributed by atoms with van der Waals surface area (Å²) in [5.41, 5.74) is 1.78. The quantitative estimate of drug-likeness (QED) is 0.418. The first-order valence-corrected chi connectivity index (χ1v) is 10.2. The van der Waals surface area contributed by atoms with Crippen molar-refractivity contribution >= 4 is 34.9 Å². The van der Waals surface area contributed by atoms with Crippen molar-refractivity contribution in [2.45, 2.75) is 5.22 Å². The van der Waals surface area contributed by atoms with Gasteiger partial charge in [-0.1, -0.05) is 36.0 Å². The first kappa shape index (κ1) is 19.0. The van der Waals surface area contributed by atoms with E-state index >= 15 is 0 Å². The van der Waals surface area contributed by atoms with E-state index in [1.54, 1.807) is 48.5 Å². The Morgan fingerprint density at radius 3 is 2.39 bits per heavy atom. The molecule has 0 fully saturated rings. The number of fused-ring (bicyclic) bond motifs is 2. The fourth-order valence-electron chi connectivity index (χ4n) is 3.27. The number of nitrogens with one attached hydrogen (secondary N) is 1. The highest BCUT2D eigenvalue weighted by molar-refractivity contribution is 7.99. The van der Waals surface area contributed by atoms with E-state index in [1.807, 2.05) is 0 Å². The number of anilines is 1. The van der Waals surface area contributed by atoms with E-state index in [0.717, 1.165) is 11.8 Å². The van der Waals surface area contributed by atoms with Crippen LogP contribution in [0.25, 0.3) is 11.7 Å². The van der Waals surface area contributed by atoms with Crippen molar-refractivity contribution in [3.8, 4) is 11.7 Å². The molecule has 0 aliphatic heterocycles. The Balaban J connectivity index is 1.27. The molecule has 1 amide bonds. The maximum Gasteiger partial charge on any atom is 0.284 e. The zero-order valence-corrected chi connectivity index (χ0v) is 16.6. The molecule has 4 aromatic rings. The van der Waals surface area contributed by atoms with Gasteiger partial charge in [-0.25, -0.2) is 0 Å². The molecular formula is C22H13N3O5S. The van der Waals surface area contributed by atoms with Crippen LogP contribution in [0.1, 0.15) is 31.8 Å². The minimum atomic E-state index is -0.322. The molecule has 5 rings (SSSR count). The Bertz CT molecular complexity index is 1330. The van der Waals surface area contributed by atoms with Gasteiger partial charge in [-0.2, -0.15) is 0 Å². The number of hydrogen-bond acceptors (Lipinski definition) is 8. The third-order valence-corrected chi connectivity index (χ3v) is 5.49. The summed E-state index contributed by atoms with van der Waals surface area (Å²) in [6, 6.07) is 14.8. The molecule has 1 aliphatic carbocycles. The fourth-order valence-corrected chi connectivity index (χ4v) is 3.83. The highest BCUT2D eigenvalue weighted by Gasteiger charge is 2.29. The molecule has 2 aromatic heterocycles. The molecule has 0 bridgehead atoms. The average molecular weight is 431 g/mol. The Morgan fingerprint density at radius 2 is 1.65 bits per heavy atom. The van der Waals surface area contributed by atoms with Gasteiger partial charge in [0.15, 0.2) is 17.3 Å². The number of rotatable bonds is 5. The largest absolute Gasteiger partial charge is 0.459 e. The van der Waals surface area contributed by atoms with Gasteiger partial charge in [-0.15, -0.1) is 10.2 Å². The Kier molecular flexibility index (Phi) is 4.72. The van der Waals surface area contributed by atoms with E-state index in [1.165, 1.54) is 12.3 Å². The SMILES string of the molecule is O=C(CSc1nnc(-c2ccco2)o1)Nc1ccc2c(c1)C(=O)c1ccccc1C2=O. The van der Waals surface area contributed by atoms with Gasteiger partial charge in [0.05, 0.1) is 12.0 Å². The molecule has 0 atom stereocenters. The second-order valence-electron chi connectivity index (χ2n) is 6.65. The van der Waals surface area contributed by atoms with Crippen LogP contribution in [0.4, 0.5) is 5.69 Å². The predicted molar refractivity (Wildman–Crippen MR) is 111 cm³/mol. The lowest BCUT2D eigenvalue weighted by molar-refractivity contribution is -0.113. The Morgan fingerprint density at radius 1 is 0.903 bits per heavy atom. The second kappa shape index (κ2) is 7.69. The first-order chi connectivity index (χ1) is 15.1. The van der Waals surface area contributed by atoms with Crippen LogP contribution in [0.15, 0.2) is 74.9 Å². The number of ketones is 2. The smallest absolute Gasteiger partial charge is 0.284 e. The predicted octanol–water partition coefficient (Wildman–Crippen LogP) is 3.84. The summed E-state index contributed by atoms with van der Waals surface area (Å²) < 4.78 is 10.6. The third-order valence-electron chi connectivity index (χ3n) is 4.67. The van der Waals surface area contributed by atoms with Crippen LogP contribution in [0, 0.1) is 0 Å². The molecule has 31 heavy (non-hydrogen) atoms. The van der Waals surface area contributed by atoms with Crippen molar-refractivity contribution < 1.29 is 23.2 Å². The van der Waals surface area contributed by atoms with Crippen molar-refractivity contribution in [2.75, 3.05) is 11.1 Å². The molecule has 0 saturated carbocycles.